The van der Waals surface area contributed by atoms with E-state index in [4.69, 9.17) is 0 Å². The van der Waals surface area contributed by atoms with E-state index in [2.05, 4.69) is 20.8 Å². The standard InChI is InChI=1S/C9H18/c1-7-4-5-8(2)9(3)6-7/h7-9H,4-6H2,1-3H3/t7-,8?,9-/m0/s1. The smallest absolute Gasteiger partial charge is 0.0414 e. The molecule has 3 atom stereocenters. The summed E-state index contributed by atoms with van der Waals surface area (Å²) in [6, 6.07) is 0. The molecule has 9 heavy (non-hydrogen) atoms. The van der Waals surface area contributed by atoms with E-state index in [0.717, 1.165) is 17.8 Å². The van der Waals surface area contributed by atoms with Gasteiger partial charge in [0.05, 0.1) is 0 Å². The van der Waals surface area contributed by atoms with Crippen molar-refractivity contribution in [2.75, 3.05) is 0 Å². The second-order valence-electron chi connectivity index (χ2n) is 3.87. The first-order valence-electron chi connectivity index (χ1n) is 4.20. The van der Waals surface area contributed by atoms with Crippen molar-refractivity contribution in [1.29, 1.82) is 0 Å². The minimum absolute atomic E-state index is 0.980. The van der Waals surface area contributed by atoms with Crippen molar-refractivity contribution in [3.8, 4) is 0 Å². The molecule has 0 aromatic carbocycles. The highest BCUT2D eigenvalue weighted by Crippen LogP contribution is 2.32. The van der Waals surface area contributed by atoms with Crippen LogP contribution in [0.1, 0.15) is 40.0 Å². The molecule has 0 aromatic rings. The van der Waals surface area contributed by atoms with Gasteiger partial charge in [-0.2, -0.15) is 0 Å². The average Bonchev–Trinajstić information content (AvgIpc) is 1.80. The zero-order valence-electron chi connectivity index (χ0n) is 6.85. The maximum Gasteiger partial charge on any atom is -0.0414 e. The molecule has 0 N–H and O–H groups in total. The van der Waals surface area contributed by atoms with E-state index < -0.39 is 0 Å². The summed E-state index contributed by atoms with van der Waals surface area (Å²) in [4.78, 5) is 0. The summed E-state index contributed by atoms with van der Waals surface area (Å²) in [5.41, 5.74) is 0. The molecule has 1 aliphatic rings. The maximum absolute atomic E-state index is 2.39. The van der Waals surface area contributed by atoms with Gasteiger partial charge in [-0.15, -0.1) is 0 Å². The predicted octanol–water partition coefficient (Wildman–Crippen LogP) is 3.08. The van der Waals surface area contributed by atoms with Crippen molar-refractivity contribution in [1.82, 2.24) is 0 Å². The molecule has 1 rings (SSSR count). The number of rotatable bonds is 0. The molecule has 0 nitrogen and oxygen atoms in total. The molecule has 0 aromatic heterocycles. The van der Waals surface area contributed by atoms with Crippen LogP contribution in [-0.2, 0) is 0 Å². The fraction of sp³-hybridized carbons (Fsp3) is 1.00. The minimum atomic E-state index is 0.980. The quantitative estimate of drug-likeness (QED) is 0.468. The predicted molar refractivity (Wildman–Crippen MR) is 41.3 cm³/mol. The zero-order chi connectivity index (χ0) is 6.85. The lowest BCUT2D eigenvalue weighted by Gasteiger charge is -2.29. The number of hydrogen-bond acceptors (Lipinski definition) is 0. The molecule has 0 spiro atoms. The molecule has 0 bridgehead atoms. The summed E-state index contributed by atoms with van der Waals surface area (Å²) in [6.07, 6.45) is 4.38. The molecule has 1 saturated carbocycles. The van der Waals surface area contributed by atoms with Crippen LogP contribution in [0.2, 0.25) is 0 Å². The van der Waals surface area contributed by atoms with Crippen LogP contribution in [0.25, 0.3) is 0 Å². The van der Waals surface area contributed by atoms with Gasteiger partial charge in [-0.05, 0) is 24.2 Å². The Hall–Kier alpha value is 0. The molecular formula is C9H18. The van der Waals surface area contributed by atoms with Gasteiger partial charge in [0, 0.05) is 0 Å². The maximum atomic E-state index is 2.39. The largest absolute Gasteiger partial charge is 0.0625 e. The summed E-state index contributed by atoms with van der Waals surface area (Å²) in [6.45, 7) is 7.15. The fourth-order valence-electron chi connectivity index (χ4n) is 1.82. The van der Waals surface area contributed by atoms with E-state index >= 15 is 0 Å². The zero-order valence-corrected chi connectivity index (χ0v) is 6.85. The van der Waals surface area contributed by atoms with Crippen molar-refractivity contribution in [3.05, 3.63) is 0 Å². The van der Waals surface area contributed by atoms with E-state index in [9.17, 15) is 0 Å². The van der Waals surface area contributed by atoms with Gasteiger partial charge in [-0.25, -0.2) is 0 Å². The van der Waals surface area contributed by atoms with Crippen molar-refractivity contribution in [2.24, 2.45) is 17.8 Å². The Morgan fingerprint density at radius 2 is 1.56 bits per heavy atom. The lowest BCUT2D eigenvalue weighted by atomic mass is 9.77. The molecule has 0 aliphatic heterocycles. The fourth-order valence-corrected chi connectivity index (χ4v) is 1.82. The van der Waals surface area contributed by atoms with Gasteiger partial charge in [0.2, 0.25) is 0 Å². The van der Waals surface area contributed by atoms with Gasteiger partial charge in [0.25, 0.3) is 0 Å². The van der Waals surface area contributed by atoms with E-state index in [1.54, 1.807) is 0 Å². The topological polar surface area (TPSA) is 0 Å². The molecule has 1 unspecified atom stereocenters. The van der Waals surface area contributed by atoms with Crippen molar-refractivity contribution in [2.45, 2.75) is 40.0 Å². The van der Waals surface area contributed by atoms with Gasteiger partial charge in [-0.1, -0.05) is 33.6 Å². The second-order valence-corrected chi connectivity index (χ2v) is 3.87. The SMILES string of the molecule is CC1CC[C@H](C)C[C@@H]1C. The van der Waals surface area contributed by atoms with Crippen LogP contribution >= 0.6 is 0 Å². The summed E-state index contributed by atoms with van der Waals surface area (Å²) >= 11 is 0. The third-order valence-corrected chi connectivity index (χ3v) is 2.86. The van der Waals surface area contributed by atoms with Crippen LogP contribution in [0, 0.1) is 17.8 Å². The number of hydrogen-bond donors (Lipinski definition) is 0. The highest BCUT2D eigenvalue weighted by Gasteiger charge is 2.20. The monoisotopic (exact) mass is 126 g/mol. The van der Waals surface area contributed by atoms with Crippen LogP contribution in [-0.4, -0.2) is 0 Å². The third-order valence-electron chi connectivity index (χ3n) is 2.86. The van der Waals surface area contributed by atoms with Gasteiger partial charge >= 0.3 is 0 Å². The Morgan fingerprint density at radius 1 is 0.889 bits per heavy atom. The molecular weight excluding hydrogens is 108 g/mol. The highest BCUT2D eigenvalue weighted by molar-refractivity contribution is 4.72. The summed E-state index contributed by atoms with van der Waals surface area (Å²) in [5.74, 6) is 2.96. The lowest BCUT2D eigenvalue weighted by Crippen LogP contribution is -2.18. The van der Waals surface area contributed by atoms with Crippen LogP contribution in [0.5, 0.6) is 0 Å². The molecule has 1 fully saturated rings. The third kappa shape index (κ3) is 1.70. The normalized spacial score (nSPS) is 45.0. The van der Waals surface area contributed by atoms with Crippen molar-refractivity contribution >= 4 is 0 Å². The van der Waals surface area contributed by atoms with Gasteiger partial charge < -0.3 is 0 Å². The molecule has 0 heteroatoms. The Kier molecular flexibility index (Phi) is 2.15. The Morgan fingerprint density at radius 3 is 2.00 bits per heavy atom. The van der Waals surface area contributed by atoms with E-state index in [1.165, 1.54) is 19.3 Å². The van der Waals surface area contributed by atoms with Crippen molar-refractivity contribution < 1.29 is 0 Å². The first kappa shape index (κ1) is 7.11. The van der Waals surface area contributed by atoms with Crippen LogP contribution in [0.3, 0.4) is 0 Å². The Balaban J connectivity index is 2.35. The average molecular weight is 126 g/mol. The van der Waals surface area contributed by atoms with E-state index in [0.29, 0.717) is 0 Å². The summed E-state index contributed by atoms with van der Waals surface area (Å²) in [7, 11) is 0. The summed E-state index contributed by atoms with van der Waals surface area (Å²) < 4.78 is 0. The van der Waals surface area contributed by atoms with E-state index in [1.807, 2.05) is 0 Å². The van der Waals surface area contributed by atoms with Gasteiger partial charge in [-0.3, -0.25) is 0 Å². The lowest BCUT2D eigenvalue weighted by molar-refractivity contribution is 0.220. The molecule has 54 valence electrons. The molecule has 0 radical (unpaired) electrons. The Bertz CT molecular complexity index is 86.0. The molecule has 0 amide bonds. The molecule has 0 heterocycles. The van der Waals surface area contributed by atoms with Crippen molar-refractivity contribution in [3.63, 3.8) is 0 Å². The first-order chi connectivity index (χ1) is 4.20. The van der Waals surface area contributed by atoms with Crippen LogP contribution in [0.15, 0.2) is 0 Å². The van der Waals surface area contributed by atoms with Crippen LogP contribution < -0.4 is 0 Å². The molecule has 1 aliphatic carbocycles. The summed E-state index contributed by atoms with van der Waals surface area (Å²) in [5, 5.41) is 0. The Labute approximate surface area is 58.7 Å². The van der Waals surface area contributed by atoms with Gasteiger partial charge in [0.1, 0.15) is 0 Å². The highest BCUT2D eigenvalue weighted by atomic mass is 14.3. The van der Waals surface area contributed by atoms with Crippen LogP contribution in [0.4, 0.5) is 0 Å². The molecule has 0 saturated heterocycles. The second kappa shape index (κ2) is 2.72. The first-order valence-corrected chi connectivity index (χ1v) is 4.20. The van der Waals surface area contributed by atoms with E-state index in [-0.39, 0.29) is 0 Å². The minimum Gasteiger partial charge on any atom is -0.0625 e. The van der Waals surface area contributed by atoms with Gasteiger partial charge in [0.15, 0.2) is 0 Å².